The lowest BCUT2D eigenvalue weighted by Gasteiger charge is -2.25. The van der Waals surface area contributed by atoms with Crippen LogP contribution in [-0.2, 0) is 19.1 Å². The van der Waals surface area contributed by atoms with E-state index in [1.54, 1.807) is 13.8 Å². The van der Waals surface area contributed by atoms with Crippen molar-refractivity contribution in [3.05, 3.63) is 0 Å². The average Bonchev–Trinajstić information content (AvgIpc) is 2.39. The maximum atomic E-state index is 13.0. The number of hydrogen-bond donors (Lipinski definition) is 0. The van der Waals surface area contributed by atoms with Crippen LogP contribution in [0.1, 0.15) is 27.7 Å². The number of carbonyl (C=O) groups excluding carboxylic acids is 2. The fraction of sp³-hybridized carbons (Fsp3) is 0.846. The van der Waals surface area contributed by atoms with Gasteiger partial charge in [0.25, 0.3) is 6.17 Å². The molecule has 0 spiro atoms. The third-order valence-electron chi connectivity index (χ3n) is 2.62. The highest BCUT2D eigenvalue weighted by molar-refractivity contribution is 5.99. The SMILES string of the molecule is CC(C)COC(=O)C(C)(C)C(=O)OCC(F)(F)C(F)C(F)(F)F. The summed E-state index contributed by atoms with van der Waals surface area (Å²) in [4.78, 5) is 23.3. The van der Waals surface area contributed by atoms with E-state index in [9.17, 15) is 35.9 Å². The summed E-state index contributed by atoms with van der Waals surface area (Å²) in [6.45, 7) is 3.20. The Morgan fingerprint density at radius 1 is 0.957 bits per heavy atom. The molecule has 0 fully saturated rings. The smallest absolute Gasteiger partial charge is 0.425 e. The summed E-state index contributed by atoms with van der Waals surface area (Å²) >= 11 is 0. The van der Waals surface area contributed by atoms with Crippen LogP contribution in [0.2, 0.25) is 0 Å². The highest BCUT2D eigenvalue weighted by Gasteiger charge is 2.58. The van der Waals surface area contributed by atoms with Gasteiger partial charge < -0.3 is 9.47 Å². The molecule has 0 aliphatic rings. The quantitative estimate of drug-likeness (QED) is 0.401. The van der Waals surface area contributed by atoms with Crippen molar-refractivity contribution in [1.82, 2.24) is 0 Å². The molecule has 0 saturated heterocycles. The van der Waals surface area contributed by atoms with Crippen LogP contribution in [0.25, 0.3) is 0 Å². The molecule has 23 heavy (non-hydrogen) atoms. The molecule has 0 aliphatic heterocycles. The van der Waals surface area contributed by atoms with Gasteiger partial charge in [-0.05, 0) is 19.8 Å². The molecule has 0 heterocycles. The molecule has 1 unspecified atom stereocenters. The Hall–Kier alpha value is -1.48. The van der Waals surface area contributed by atoms with E-state index in [1.807, 2.05) is 0 Å². The Kier molecular flexibility index (Phi) is 6.92. The average molecular weight is 352 g/mol. The fourth-order valence-corrected chi connectivity index (χ4v) is 1.16. The summed E-state index contributed by atoms with van der Waals surface area (Å²) in [7, 11) is 0. The van der Waals surface area contributed by atoms with E-state index in [1.165, 1.54) is 0 Å². The molecule has 1 atom stereocenters. The van der Waals surface area contributed by atoms with Crippen molar-refractivity contribution in [3.63, 3.8) is 0 Å². The number of carbonyl (C=O) groups is 2. The lowest BCUT2D eigenvalue weighted by atomic mass is 9.94. The third-order valence-corrected chi connectivity index (χ3v) is 2.62. The molecule has 0 aromatic rings. The summed E-state index contributed by atoms with van der Waals surface area (Å²) < 4.78 is 83.2. The first-order chi connectivity index (χ1) is 10.1. The Bertz CT molecular complexity index is 431. The molecule has 0 bridgehead atoms. The van der Waals surface area contributed by atoms with Crippen molar-refractivity contribution in [3.8, 4) is 0 Å². The molecule has 4 nitrogen and oxygen atoms in total. The minimum absolute atomic E-state index is 0.0493. The minimum atomic E-state index is -5.80. The van der Waals surface area contributed by atoms with Crippen LogP contribution in [0.4, 0.5) is 26.3 Å². The third kappa shape index (κ3) is 6.26. The second-order valence-electron chi connectivity index (χ2n) is 5.86. The minimum Gasteiger partial charge on any atom is -0.465 e. The Balaban J connectivity index is 4.78. The van der Waals surface area contributed by atoms with Crippen LogP contribution in [0.15, 0.2) is 0 Å². The van der Waals surface area contributed by atoms with Gasteiger partial charge in [-0.3, -0.25) is 9.59 Å². The summed E-state index contributed by atoms with van der Waals surface area (Å²) in [5.74, 6) is -7.66. The molecule has 0 aromatic carbocycles. The predicted octanol–water partition coefficient (Wildman–Crippen LogP) is 3.29. The fourth-order valence-electron chi connectivity index (χ4n) is 1.16. The van der Waals surface area contributed by atoms with Gasteiger partial charge in [-0.1, -0.05) is 13.8 Å². The van der Waals surface area contributed by atoms with Crippen molar-refractivity contribution in [2.75, 3.05) is 13.2 Å². The van der Waals surface area contributed by atoms with Crippen molar-refractivity contribution in [2.24, 2.45) is 11.3 Å². The van der Waals surface area contributed by atoms with Gasteiger partial charge in [0.2, 0.25) is 0 Å². The number of halogens is 6. The molecular formula is C13H18F6O4. The van der Waals surface area contributed by atoms with Crippen LogP contribution in [0.5, 0.6) is 0 Å². The van der Waals surface area contributed by atoms with E-state index < -0.39 is 42.2 Å². The molecule has 0 rings (SSSR count). The van der Waals surface area contributed by atoms with Crippen molar-refractivity contribution >= 4 is 11.9 Å². The molecule has 0 saturated carbocycles. The van der Waals surface area contributed by atoms with Gasteiger partial charge in [0.1, 0.15) is 0 Å². The van der Waals surface area contributed by atoms with E-state index >= 15 is 0 Å². The number of alkyl halides is 6. The second kappa shape index (κ2) is 7.39. The Morgan fingerprint density at radius 2 is 1.39 bits per heavy atom. The molecule has 0 aliphatic carbocycles. The Morgan fingerprint density at radius 3 is 1.78 bits per heavy atom. The van der Waals surface area contributed by atoms with Gasteiger partial charge in [0, 0.05) is 0 Å². The first kappa shape index (κ1) is 21.5. The van der Waals surface area contributed by atoms with Gasteiger partial charge >= 0.3 is 24.0 Å². The van der Waals surface area contributed by atoms with Crippen LogP contribution in [0.3, 0.4) is 0 Å². The zero-order chi connectivity index (χ0) is 18.6. The monoisotopic (exact) mass is 352 g/mol. The van der Waals surface area contributed by atoms with Crippen LogP contribution < -0.4 is 0 Å². The van der Waals surface area contributed by atoms with Crippen molar-refractivity contribution in [2.45, 2.75) is 46.0 Å². The molecule has 0 aromatic heterocycles. The van der Waals surface area contributed by atoms with Crippen LogP contribution >= 0.6 is 0 Å². The number of esters is 2. The van der Waals surface area contributed by atoms with Crippen LogP contribution in [-0.4, -0.2) is 43.4 Å². The maximum Gasteiger partial charge on any atom is 0.425 e. The highest BCUT2D eigenvalue weighted by atomic mass is 19.4. The van der Waals surface area contributed by atoms with Crippen molar-refractivity contribution in [1.29, 1.82) is 0 Å². The van der Waals surface area contributed by atoms with Gasteiger partial charge in [-0.25, -0.2) is 4.39 Å². The van der Waals surface area contributed by atoms with Crippen molar-refractivity contribution < 1.29 is 45.4 Å². The predicted molar refractivity (Wildman–Crippen MR) is 66.4 cm³/mol. The summed E-state index contributed by atoms with van der Waals surface area (Å²) in [5, 5.41) is 0. The van der Waals surface area contributed by atoms with Gasteiger partial charge in [-0.15, -0.1) is 0 Å². The molecule has 136 valence electrons. The molecule has 0 radical (unpaired) electrons. The lowest BCUT2D eigenvalue weighted by Crippen LogP contribution is -2.46. The summed E-state index contributed by atoms with van der Waals surface area (Å²) in [5.41, 5.74) is -2.02. The normalized spacial score (nSPS) is 14.6. The highest BCUT2D eigenvalue weighted by Crippen LogP contribution is 2.35. The Labute approximate surface area is 129 Å². The number of hydrogen-bond acceptors (Lipinski definition) is 4. The second-order valence-corrected chi connectivity index (χ2v) is 5.86. The maximum absolute atomic E-state index is 13.0. The largest absolute Gasteiger partial charge is 0.465 e. The van der Waals surface area contributed by atoms with Crippen LogP contribution in [0, 0.1) is 11.3 Å². The number of ether oxygens (including phenoxy) is 2. The van der Waals surface area contributed by atoms with Gasteiger partial charge in [0.05, 0.1) is 6.61 Å². The lowest BCUT2D eigenvalue weighted by molar-refractivity contribution is -0.255. The van der Waals surface area contributed by atoms with E-state index in [4.69, 9.17) is 4.74 Å². The van der Waals surface area contributed by atoms with E-state index in [-0.39, 0.29) is 12.5 Å². The zero-order valence-corrected chi connectivity index (χ0v) is 13.0. The van der Waals surface area contributed by atoms with E-state index in [0.29, 0.717) is 0 Å². The molecular weight excluding hydrogens is 334 g/mol. The summed E-state index contributed by atoms with van der Waals surface area (Å²) in [6.07, 6.45) is -10.3. The molecule has 10 heteroatoms. The van der Waals surface area contributed by atoms with E-state index in [2.05, 4.69) is 4.74 Å². The first-order valence-corrected chi connectivity index (χ1v) is 6.55. The van der Waals surface area contributed by atoms with Gasteiger partial charge in [0.15, 0.2) is 12.0 Å². The standard InChI is InChI=1S/C13H18F6O4/c1-7(2)5-22-9(20)11(3,4)10(21)23-6-12(15,16)8(14)13(17,18)19/h7-8H,5-6H2,1-4H3. The zero-order valence-electron chi connectivity index (χ0n) is 13.0. The first-order valence-electron chi connectivity index (χ1n) is 6.55. The number of rotatable bonds is 7. The van der Waals surface area contributed by atoms with Gasteiger partial charge in [-0.2, -0.15) is 22.0 Å². The summed E-state index contributed by atoms with van der Waals surface area (Å²) in [6, 6.07) is 0. The molecule has 0 N–H and O–H groups in total. The molecule has 0 amide bonds. The van der Waals surface area contributed by atoms with E-state index in [0.717, 1.165) is 13.8 Å². The topological polar surface area (TPSA) is 52.6 Å².